The molecule has 1 rings (SSSR count). The molecule has 18 heavy (non-hydrogen) atoms. The molecule has 1 aromatic heterocycles. The first-order valence-electron chi connectivity index (χ1n) is 5.81. The van der Waals surface area contributed by atoms with Crippen LogP contribution < -0.4 is 5.32 Å². The van der Waals surface area contributed by atoms with Crippen molar-refractivity contribution in [2.24, 2.45) is 5.41 Å². The van der Waals surface area contributed by atoms with Crippen LogP contribution >= 0.6 is 0 Å². The zero-order valence-corrected chi connectivity index (χ0v) is 11.1. The van der Waals surface area contributed by atoms with Gasteiger partial charge in [-0.2, -0.15) is 0 Å². The van der Waals surface area contributed by atoms with Gasteiger partial charge in [0.1, 0.15) is 11.5 Å². The summed E-state index contributed by atoms with van der Waals surface area (Å²) in [7, 11) is 0. The molecule has 5 heteroatoms. The van der Waals surface area contributed by atoms with E-state index in [1.807, 2.05) is 13.0 Å². The van der Waals surface area contributed by atoms with Gasteiger partial charge in [0.2, 0.25) is 5.91 Å². The molecule has 1 heterocycles. The number of furan rings is 1. The van der Waals surface area contributed by atoms with Crippen molar-refractivity contribution in [3.05, 3.63) is 23.7 Å². The Hall–Kier alpha value is -1.78. The Balaban J connectivity index is 2.58. The fourth-order valence-corrected chi connectivity index (χ4v) is 1.53. The molecule has 1 amide bonds. The highest BCUT2D eigenvalue weighted by atomic mass is 16.4. The molecule has 0 aliphatic heterocycles. The van der Waals surface area contributed by atoms with E-state index in [9.17, 15) is 9.59 Å². The third-order valence-corrected chi connectivity index (χ3v) is 2.75. The summed E-state index contributed by atoms with van der Waals surface area (Å²) in [5, 5.41) is 11.7. The lowest BCUT2D eigenvalue weighted by molar-refractivity contribution is -0.149. The predicted octanol–water partition coefficient (Wildman–Crippen LogP) is 2.27. The van der Waals surface area contributed by atoms with Crippen molar-refractivity contribution in [3.8, 4) is 0 Å². The molecule has 5 nitrogen and oxygen atoms in total. The highest BCUT2D eigenvalue weighted by Crippen LogP contribution is 2.21. The number of aryl methyl sites for hydroxylation is 1. The summed E-state index contributed by atoms with van der Waals surface area (Å²) in [6.07, 6.45) is -0.0631. The highest BCUT2D eigenvalue weighted by molar-refractivity contribution is 5.84. The van der Waals surface area contributed by atoms with Gasteiger partial charge < -0.3 is 14.8 Å². The number of carbonyl (C=O) groups is 2. The van der Waals surface area contributed by atoms with E-state index in [1.165, 1.54) is 13.8 Å². The van der Waals surface area contributed by atoms with Crippen LogP contribution in [0, 0.1) is 12.3 Å². The van der Waals surface area contributed by atoms with Crippen LogP contribution in [-0.4, -0.2) is 17.0 Å². The topological polar surface area (TPSA) is 79.5 Å². The number of carboxylic acids is 1. The van der Waals surface area contributed by atoms with E-state index < -0.39 is 11.4 Å². The van der Waals surface area contributed by atoms with Gasteiger partial charge in [0.25, 0.3) is 0 Å². The lowest BCUT2D eigenvalue weighted by atomic mass is 9.89. The van der Waals surface area contributed by atoms with Crippen molar-refractivity contribution in [1.82, 2.24) is 5.32 Å². The summed E-state index contributed by atoms with van der Waals surface area (Å²) in [4.78, 5) is 22.7. The lowest BCUT2D eigenvalue weighted by Crippen LogP contribution is -2.34. The first-order valence-corrected chi connectivity index (χ1v) is 5.81. The van der Waals surface area contributed by atoms with Crippen molar-refractivity contribution in [2.45, 2.75) is 40.2 Å². The van der Waals surface area contributed by atoms with Crippen LogP contribution in [0.25, 0.3) is 0 Å². The van der Waals surface area contributed by atoms with Crippen molar-refractivity contribution >= 4 is 11.9 Å². The lowest BCUT2D eigenvalue weighted by Gasteiger charge is -2.19. The molecular formula is C13H19NO4. The fourth-order valence-electron chi connectivity index (χ4n) is 1.53. The number of carbonyl (C=O) groups excluding carboxylic acids is 1. The summed E-state index contributed by atoms with van der Waals surface area (Å²) in [5.74, 6) is 0.147. The number of hydrogen-bond donors (Lipinski definition) is 2. The summed E-state index contributed by atoms with van der Waals surface area (Å²) >= 11 is 0. The Bertz CT molecular complexity index is 448. The number of nitrogens with one attached hydrogen (secondary N) is 1. The summed E-state index contributed by atoms with van der Waals surface area (Å²) in [6.45, 7) is 6.67. The largest absolute Gasteiger partial charge is 0.481 e. The number of aliphatic carboxylic acids is 1. The van der Waals surface area contributed by atoms with Crippen molar-refractivity contribution in [1.29, 1.82) is 0 Å². The second kappa shape index (κ2) is 5.25. The van der Waals surface area contributed by atoms with Gasteiger partial charge in [0.05, 0.1) is 11.5 Å². The monoisotopic (exact) mass is 253 g/mol. The molecule has 0 aromatic carbocycles. The molecule has 0 aliphatic carbocycles. The SMILES string of the molecule is Cc1ccc(C(C)NC(=O)CC(C)(C)C(=O)O)o1. The minimum Gasteiger partial charge on any atom is -0.481 e. The van der Waals surface area contributed by atoms with Crippen molar-refractivity contribution < 1.29 is 19.1 Å². The van der Waals surface area contributed by atoms with Gasteiger partial charge in [-0.25, -0.2) is 0 Å². The average molecular weight is 253 g/mol. The molecule has 100 valence electrons. The normalized spacial score (nSPS) is 13.1. The molecule has 1 unspecified atom stereocenters. The first-order chi connectivity index (χ1) is 8.22. The zero-order chi connectivity index (χ0) is 13.9. The van der Waals surface area contributed by atoms with Crippen LogP contribution in [-0.2, 0) is 9.59 Å². The van der Waals surface area contributed by atoms with Gasteiger partial charge in [-0.1, -0.05) is 0 Å². The van der Waals surface area contributed by atoms with E-state index in [4.69, 9.17) is 9.52 Å². The van der Waals surface area contributed by atoms with Gasteiger partial charge >= 0.3 is 5.97 Å². The maximum absolute atomic E-state index is 11.7. The van der Waals surface area contributed by atoms with Gasteiger partial charge in [0.15, 0.2) is 0 Å². The Morgan fingerprint density at radius 2 is 2.06 bits per heavy atom. The third-order valence-electron chi connectivity index (χ3n) is 2.75. The molecule has 1 atom stereocenters. The van der Waals surface area contributed by atoms with E-state index in [0.29, 0.717) is 5.76 Å². The van der Waals surface area contributed by atoms with Crippen LogP contribution in [0.2, 0.25) is 0 Å². The van der Waals surface area contributed by atoms with E-state index in [2.05, 4.69) is 5.32 Å². The van der Waals surface area contributed by atoms with E-state index >= 15 is 0 Å². The van der Waals surface area contributed by atoms with Gasteiger partial charge in [-0.05, 0) is 39.8 Å². The standard InChI is InChI=1S/C13H19NO4/c1-8-5-6-10(18-8)9(2)14-11(15)7-13(3,4)12(16)17/h5-6,9H,7H2,1-4H3,(H,14,15)(H,16,17). The Morgan fingerprint density at radius 3 is 2.50 bits per heavy atom. The molecule has 0 fully saturated rings. The summed E-state index contributed by atoms with van der Waals surface area (Å²) < 4.78 is 5.39. The number of rotatable bonds is 5. The molecule has 0 saturated carbocycles. The van der Waals surface area contributed by atoms with Gasteiger partial charge in [-0.15, -0.1) is 0 Å². The van der Waals surface area contributed by atoms with Crippen molar-refractivity contribution in [2.75, 3.05) is 0 Å². The minimum atomic E-state index is -1.07. The zero-order valence-electron chi connectivity index (χ0n) is 11.1. The van der Waals surface area contributed by atoms with E-state index in [-0.39, 0.29) is 18.4 Å². The second-order valence-electron chi connectivity index (χ2n) is 5.10. The Kier molecular flexibility index (Phi) is 4.16. The smallest absolute Gasteiger partial charge is 0.309 e. The number of carboxylic acid groups (broad SMARTS) is 1. The maximum Gasteiger partial charge on any atom is 0.309 e. The van der Waals surface area contributed by atoms with Crippen LogP contribution in [0.4, 0.5) is 0 Å². The minimum absolute atomic E-state index is 0.0631. The third kappa shape index (κ3) is 3.61. The van der Waals surface area contributed by atoms with Crippen LogP contribution in [0.5, 0.6) is 0 Å². The quantitative estimate of drug-likeness (QED) is 0.843. The first kappa shape index (κ1) is 14.3. The summed E-state index contributed by atoms with van der Waals surface area (Å²) in [6, 6.07) is 3.35. The highest BCUT2D eigenvalue weighted by Gasteiger charge is 2.30. The molecule has 0 spiro atoms. The molecule has 1 aromatic rings. The molecule has 2 N–H and O–H groups in total. The molecule has 0 radical (unpaired) electrons. The maximum atomic E-state index is 11.7. The molecule has 0 bridgehead atoms. The van der Waals surface area contributed by atoms with E-state index in [1.54, 1.807) is 13.0 Å². The van der Waals surface area contributed by atoms with Crippen molar-refractivity contribution in [3.63, 3.8) is 0 Å². The summed E-state index contributed by atoms with van der Waals surface area (Å²) in [5.41, 5.74) is -1.07. The number of amides is 1. The van der Waals surface area contributed by atoms with Gasteiger partial charge in [0, 0.05) is 6.42 Å². The van der Waals surface area contributed by atoms with Crippen LogP contribution in [0.1, 0.15) is 44.8 Å². The second-order valence-corrected chi connectivity index (χ2v) is 5.10. The predicted molar refractivity (Wildman–Crippen MR) is 66.0 cm³/mol. The van der Waals surface area contributed by atoms with E-state index in [0.717, 1.165) is 5.76 Å². The van der Waals surface area contributed by atoms with Crippen LogP contribution in [0.3, 0.4) is 0 Å². The van der Waals surface area contributed by atoms with Crippen LogP contribution in [0.15, 0.2) is 16.5 Å². The Labute approximate surface area is 106 Å². The molecule has 0 saturated heterocycles. The Morgan fingerprint density at radius 1 is 1.44 bits per heavy atom. The number of hydrogen-bond acceptors (Lipinski definition) is 3. The fraction of sp³-hybridized carbons (Fsp3) is 0.538. The molecular weight excluding hydrogens is 234 g/mol. The average Bonchev–Trinajstić information content (AvgIpc) is 2.63. The molecule has 0 aliphatic rings. The van der Waals surface area contributed by atoms with Gasteiger partial charge in [-0.3, -0.25) is 9.59 Å².